The van der Waals surface area contributed by atoms with Crippen molar-refractivity contribution in [3.05, 3.63) is 12.2 Å². The van der Waals surface area contributed by atoms with E-state index in [4.69, 9.17) is 4.74 Å². The molecule has 0 aromatic rings. The lowest BCUT2D eigenvalue weighted by Gasteiger charge is -2.08. The molecule has 88 valence electrons. The molecule has 15 heavy (non-hydrogen) atoms. The molecule has 0 radical (unpaired) electrons. The van der Waals surface area contributed by atoms with Crippen molar-refractivity contribution in [2.24, 2.45) is 0 Å². The minimum Gasteiger partial charge on any atom is -0.462 e. The maximum absolute atomic E-state index is 11.0. The first kappa shape index (κ1) is 14.2. The highest BCUT2D eigenvalue weighted by Gasteiger charge is 2.01. The van der Waals surface area contributed by atoms with Crippen LogP contribution in [-0.2, 0) is 9.53 Å². The van der Waals surface area contributed by atoms with E-state index in [9.17, 15) is 4.79 Å². The van der Waals surface area contributed by atoms with E-state index in [1.165, 1.54) is 12.8 Å². The molecule has 0 atom stereocenters. The largest absolute Gasteiger partial charge is 0.462 e. The maximum atomic E-state index is 11.0. The molecule has 0 N–H and O–H groups in total. The van der Waals surface area contributed by atoms with E-state index in [2.05, 4.69) is 25.6 Å². The fourth-order valence-electron chi connectivity index (χ4n) is 1.17. The van der Waals surface area contributed by atoms with Crippen LogP contribution in [0.5, 0.6) is 0 Å². The van der Waals surface area contributed by atoms with Crippen LogP contribution in [0.25, 0.3) is 0 Å². The minimum atomic E-state index is -0.275. The Morgan fingerprint density at radius 2 is 1.80 bits per heavy atom. The normalized spacial score (nSPS) is 10.4. The van der Waals surface area contributed by atoms with Crippen LogP contribution in [0.1, 0.15) is 32.6 Å². The molecule has 3 heteroatoms. The third-order valence-corrected chi connectivity index (χ3v) is 2.08. The second-order valence-electron chi connectivity index (χ2n) is 4.13. The van der Waals surface area contributed by atoms with Gasteiger partial charge in [-0.2, -0.15) is 0 Å². The highest BCUT2D eigenvalue weighted by molar-refractivity contribution is 5.86. The molecule has 3 nitrogen and oxygen atoms in total. The second kappa shape index (κ2) is 8.48. The number of unbranched alkanes of at least 4 members (excludes halogenated alkanes) is 3. The van der Waals surface area contributed by atoms with Crippen LogP contribution in [-0.4, -0.2) is 38.1 Å². The molecule has 0 aliphatic carbocycles. The number of esters is 1. The molecule has 0 spiro atoms. The first-order chi connectivity index (χ1) is 7.04. The highest BCUT2D eigenvalue weighted by atomic mass is 16.5. The molecule has 0 aromatic heterocycles. The molecule has 0 aromatic carbocycles. The molecule has 0 saturated heterocycles. The fourth-order valence-corrected chi connectivity index (χ4v) is 1.17. The van der Waals surface area contributed by atoms with Gasteiger partial charge in [0.15, 0.2) is 0 Å². The van der Waals surface area contributed by atoms with Crippen LogP contribution in [0.15, 0.2) is 12.2 Å². The fraction of sp³-hybridized carbons (Fsp3) is 0.750. The summed E-state index contributed by atoms with van der Waals surface area (Å²) in [6, 6.07) is 0. The number of carbonyl (C=O) groups excluding carboxylic acids is 1. The lowest BCUT2D eigenvalue weighted by atomic mass is 10.2. The Morgan fingerprint density at radius 1 is 1.20 bits per heavy atom. The third kappa shape index (κ3) is 9.47. The zero-order valence-corrected chi connectivity index (χ0v) is 10.2. The first-order valence-electron chi connectivity index (χ1n) is 5.51. The van der Waals surface area contributed by atoms with Gasteiger partial charge in [-0.25, -0.2) is 4.79 Å². The van der Waals surface area contributed by atoms with Gasteiger partial charge < -0.3 is 9.64 Å². The van der Waals surface area contributed by atoms with E-state index in [1.807, 2.05) is 0 Å². The van der Waals surface area contributed by atoms with Gasteiger partial charge in [-0.15, -0.1) is 0 Å². The SMILES string of the molecule is C=C(C)C(=O)OCCCCCCN(C)C. The van der Waals surface area contributed by atoms with E-state index in [-0.39, 0.29) is 5.97 Å². The molecule has 0 bridgehead atoms. The third-order valence-electron chi connectivity index (χ3n) is 2.08. The summed E-state index contributed by atoms with van der Waals surface area (Å²) < 4.78 is 4.98. The second-order valence-corrected chi connectivity index (χ2v) is 4.13. The van der Waals surface area contributed by atoms with Crippen molar-refractivity contribution >= 4 is 5.97 Å². The van der Waals surface area contributed by atoms with Crippen LogP contribution in [0.4, 0.5) is 0 Å². The van der Waals surface area contributed by atoms with E-state index >= 15 is 0 Å². The van der Waals surface area contributed by atoms with E-state index in [1.54, 1.807) is 6.92 Å². The molecule has 0 fully saturated rings. The molecule has 0 rings (SSSR count). The van der Waals surface area contributed by atoms with Crippen molar-refractivity contribution in [1.82, 2.24) is 4.90 Å². The lowest BCUT2D eigenvalue weighted by molar-refractivity contribution is -0.139. The van der Waals surface area contributed by atoms with Gasteiger partial charge in [0.1, 0.15) is 0 Å². The highest BCUT2D eigenvalue weighted by Crippen LogP contribution is 2.02. The van der Waals surface area contributed by atoms with Gasteiger partial charge in [0.05, 0.1) is 6.61 Å². The summed E-state index contributed by atoms with van der Waals surface area (Å²) in [4.78, 5) is 13.2. The quantitative estimate of drug-likeness (QED) is 0.352. The Balaban J connectivity index is 3.18. The molecule has 0 aliphatic rings. The standard InChI is InChI=1S/C12H23NO2/c1-11(2)12(14)15-10-8-6-5-7-9-13(3)4/h1,5-10H2,2-4H3. The summed E-state index contributed by atoms with van der Waals surface area (Å²) >= 11 is 0. The van der Waals surface area contributed by atoms with Gasteiger partial charge in [-0.3, -0.25) is 0 Å². The summed E-state index contributed by atoms with van der Waals surface area (Å²) in [6.45, 7) is 6.84. The number of ether oxygens (including phenoxy) is 1. The van der Waals surface area contributed by atoms with Crippen LogP contribution >= 0.6 is 0 Å². The van der Waals surface area contributed by atoms with Gasteiger partial charge >= 0.3 is 5.97 Å². The minimum absolute atomic E-state index is 0.275. The molecule has 0 amide bonds. The molecule has 0 aliphatic heterocycles. The number of hydrogen-bond donors (Lipinski definition) is 0. The maximum Gasteiger partial charge on any atom is 0.333 e. The van der Waals surface area contributed by atoms with E-state index < -0.39 is 0 Å². The Labute approximate surface area is 93.1 Å². The summed E-state index contributed by atoms with van der Waals surface area (Å²) in [7, 11) is 4.16. The smallest absolute Gasteiger partial charge is 0.333 e. The van der Waals surface area contributed by atoms with Gasteiger partial charge in [-0.05, 0) is 40.4 Å². The van der Waals surface area contributed by atoms with Gasteiger partial charge in [-0.1, -0.05) is 19.4 Å². The van der Waals surface area contributed by atoms with Crippen molar-refractivity contribution in [2.75, 3.05) is 27.2 Å². The molecule has 0 saturated carbocycles. The number of hydrogen-bond acceptors (Lipinski definition) is 3. The summed E-state index contributed by atoms with van der Waals surface area (Å²) in [6.07, 6.45) is 4.48. The summed E-state index contributed by atoms with van der Waals surface area (Å²) in [5.74, 6) is -0.275. The van der Waals surface area contributed by atoms with Crippen molar-refractivity contribution in [2.45, 2.75) is 32.6 Å². The topological polar surface area (TPSA) is 29.5 Å². The Bertz CT molecular complexity index is 200. The predicted octanol–water partition coefficient (Wildman–Crippen LogP) is 2.23. The van der Waals surface area contributed by atoms with Crippen LogP contribution in [0.3, 0.4) is 0 Å². The number of carbonyl (C=O) groups is 1. The number of nitrogens with zero attached hydrogens (tertiary/aromatic N) is 1. The molecule has 0 heterocycles. The van der Waals surface area contributed by atoms with Crippen LogP contribution in [0, 0.1) is 0 Å². The monoisotopic (exact) mass is 213 g/mol. The van der Waals surface area contributed by atoms with Crippen LogP contribution in [0.2, 0.25) is 0 Å². The average Bonchev–Trinajstić information content (AvgIpc) is 2.15. The van der Waals surface area contributed by atoms with Gasteiger partial charge in [0.25, 0.3) is 0 Å². The van der Waals surface area contributed by atoms with Crippen LogP contribution < -0.4 is 0 Å². The van der Waals surface area contributed by atoms with Crippen molar-refractivity contribution in [3.63, 3.8) is 0 Å². The van der Waals surface area contributed by atoms with E-state index in [0.717, 1.165) is 19.4 Å². The Hall–Kier alpha value is -0.830. The molecular weight excluding hydrogens is 190 g/mol. The van der Waals surface area contributed by atoms with Gasteiger partial charge in [0, 0.05) is 5.57 Å². The Kier molecular flexibility index (Phi) is 8.01. The first-order valence-corrected chi connectivity index (χ1v) is 5.51. The Morgan fingerprint density at radius 3 is 2.33 bits per heavy atom. The molecular formula is C12H23NO2. The summed E-state index contributed by atoms with van der Waals surface area (Å²) in [5.41, 5.74) is 0.475. The molecule has 0 unspecified atom stereocenters. The van der Waals surface area contributed by atoms with Crippen molar-refractivity contribution in [3.8, 4) is 0 Å². The van der Waals surface area contributed by atoms with Crippen molar-refractivity contribution in [1.29, 1.82) is 0 Å². The predicted molar refractivity (Wildman–Crippen MR) is 62.8 cm³/mol. The van der Waals surface area contributed by atoms with Crippen molar-refractivity contribution < 1.29 is 9.53 Å². The van der Waals surface area contributed by atoms with Gasteiger partial charge in [0.2, 0.25) is 0 Å². The zero-order chi connectivity index (χ0) is 11.7. The average molecular weight is 213 g/mol. The zero-order valence-electron chi connectivity index (χ0n) is 10.2. The summed E-state index contributed by atoms with van der Waals surface area (Å²) in [5, 5.41) is 0. The number of rotatable bonds is 8. The van der Waals surface area contributed by atoms with E-state index in [0.29, 0.717) is 12.2 Å². The lowest BCUT2D eigenvalue weighted by Crippen LogP contribution is -2.12.